The number of hydrogen-bond donors (Lipinski definition) is 1. The van der Waals surface area contributed by atoms with Gasteiger partial charge in [0.2, 0.25) is 0 Å². The summed E-state index contributed by atoms with van der Waals surface area (Å²) in [4.78, 5) is 36.2. The fraction of sp³-hybridized carbons (Fsp3) is 0.389. The number of aromatic nitrogens is 2. The summed E-state index contributed by atoms with van der Waals surface area (Å²) in [7, 11) is 3.20. The lowest BCUT2D eigenvalue weighted by Gasteiger charge is -2.23. The average Bonchev–Trinajstić information content (AvgIpc) is 3.24. The van der Waals surface area contributed by atoms with E-state index in [1.807, 2.05) is 0 Å². The number of carbonyl (C=O) groups excluding carboxylic acids is 1. The number of likely N-dealkylation sites (tertiary alicyclic amines) is 1. The SMILES string of the molecule is COC1CC(CC(=O)O)N(C(=O)c2cn(C)nc2-c2ccc([N+](=O)[O-])cc2)C1. The van der Waals surface area contributed by atoms with Crippen molar-refractivity contribution < 1.29 is 24.4 Å². The number of nitro groups is 1. The van der Waals surface area contributed by atoms with Gasteiger partial charge in [-0.05, 0) is 18.6 Å². The molecule has 0 spiro atoms. The molecule has 28 heavy (non-hydrogen) atoms. The molecular weight excluding hydrogens is 368 g/mol. The first kappa shape index (κ1) is 19.5. The third kappa shape index (κ3) is 3.86. The van der Waals surface area contributed by atoms with Crippen LogP contribution in [0.15, 0.2) is 30.5 Å². The second-order valence-electron chi connectivity index (χ2n) is 6.67. The molecule has 2 unspecified atom stereocenters. The van der Waals surface area contributed by atoms with Crippen LogP contribution in [0.2, 0.25) is 0 Å². The van der Waals surface area contributed by atoms with Crippen LogP contribution in [0.25, 0.3) is 11.3 Å². The number of hydrogen-bond acceptors (Lipinski definition) is 6. The van der Waals surface area contributed by atoms with Crippen molar-refractivity contribution in [1.29, 1.82) is 0 Å². The van der Waals surface area contributed by atoms with Gasteiger partial charge in [-0.2, -0.15) is 5.10 Å². The summed E-state index contributed by atoms with van der Waals surface area (Å²) in [5.74, 6) is -1.33. The Balaban J connectivity index is 1.93. The maximum Gasteiger partial charge on any atom is 0.305 e. The smallest absolute Gasteiger partial charge is 0.305 e. The van der Waals surface area contributed by atoms with Gasteiger partial charge in [0.05, 0.1) is 23.0 Å². The molecule has 3 rings (SSSR count). The van der Waals surface area contributed by atoms with Crippen LogP contribution < -0.4 is 0 Å². The van der Waals surface area contributed by atoms with Crippen molar-refractivity contribution in [3.8, 4) is 11.3 Å². The molecule has 0 saturated carbocycles. The van der Waals surface area contributed by atoms with Crippen LogP contribution in [0.5, 0.6) is 0 Å². The first-order chi connectivity index (χ1) is 13.3. The summed E-state index contributed by atoms with van der Waals surface area (Å²) in [6, 6.07) is 5.30. The molecule has 148 valence electrons. The fourth-order valence-electron chi connectivity index (χ4n) is 3.44. The van der Waals surface area contributed by atoms with E-state index in [1.54, 1.807) is 13.2 Å². The Bertz CT molecular complexity index is 907. The summed E-state index contributed by atoms with van der Waals surface area (Å²) in [6.07, 6.45) is 1.62. The van der Waals surface area contributed by atoms with Crippen LogP contribution >= 0.6 is 0 Å². The molecule has 10 nitrogen and oxygen atoms in total. The molecule has 1 aliphatic rings. The fourth-order valence-corrected chi connectivity index (χ4v) is 3.44. The number of nitrogens with zero attached hydrogens (tertiary/aromatic N) is 4. The Morgan fingerprint density at radius 2 is 2.04 bits per heavy atom. The van der Waals surface area contributed by atoms with Crippen LogP contribution in [0.4, 0.5) is 5.69 Å². The molecule has 1 aromatic heterocycles. The summed E-state index contributed by atoms with van der Waals surface area (Å²) >= 11 is 0. The highest BCUT2D eigenvalue weighted by atomic mass is 16.6. The molecule has 1 saturated heterocycles. The van der Waals surface area contributed by atoms with E-state index in [2.05, 4.69) is 5.10 Å². The summed E-state index contributed by atoms with van der Waals surface area (Å²) in [6.45, 7) is 0.294. The Morgan fingerprint density at radius 1 is 1.36 bits per heavy atom. The zero-order valence-corrected chi connectivity index (χ0v) is 15.4. The number of carbonyl (C=O) groups is 2. The number of carboxylic acid groups (broad SMARTS) is 1. The van der Waals surface area contributed by atoms with Crippen molar-refractivity contribution in [3.05, 3.63) is 46.1 Å². The van der Waals surface area contributed by atoms with Gasteiger partial charge in [0.1, 0.15) is 5.69 Å². The molecule has 0 aliphatic carbocycles. The average molecular weight is 388 g/mol. The Labute approximate surface area is 160 Å². The van der Waals surface area contributed by atoms with E-state index in [9.17, 15) is 19.7 Å². The normalized spacial score (nSPS) is 19.0. The van der Waals surface area contributed by atoms with Gasteiger partial charge < -0.3 is 14.7 Å². The monoisotopic (exact) mass is 388 g/mol. The highest BCUT2D eigenvalue weighted by Crippen LogP contribution is 2.29. The maximum absolute atomic E-state index is 13.2. The second-order valence-corrected chi connectivity index (χ2v) is 6.67. The molecule has 10 heteroatoms. The van der Waals surface area contributed by atoms with E-state index in [0.717, 1.165) is 0 Å². The van der Waals surface area contributed by atoms with Gasteiger partial charge in [-0.1, -0.05) is 0 Å². The van der Waals surface area contributed by atoms with Crippen molar-refractivity contribution in [3.63, 3.8) is 0 Å². The topological polar surface area (TPSA) is 128 Å². The van der Waals surface area contributed by atoms with Crippen LogP contribution in [-0.4, -0.2) is 62.4 Å². The zero-order chi connectivity index (χ0) is 20.4. The van der Waals surface area contributed by atoms with Crippen molar-refractivity contribution in [2.45, 2.75) is 25.0 Å². The number of rotatable bonds is 6. The molecule has 0 radical (unpaired) electrons. The third-order valence-electron chi connectivity index (χ3n) is 4.79. The van der Waals surface area contributed by atoms with E-state index < -0.39 is 16.9 Å². The minimum Gasteiger partial charge on any atom is -0.481 e. The summed E-state index contributed by atoms with van der Waals surface area (Å²) < 4.78 is 6.81. The molecular formula is C18H20N4O6. The summed E-state index contributed by atoms with van der Waals surface area (Å²) in [5, 5.41) is 24.3. The van der Waals surface area contributed by atoms with Crippen molar-refractivity contribution in [2.24, 2.45) is 7.05 Å². The Kier molecular flexibility index (Phi) is 5.41. The molecule has 2 atom stereocenters. The van der Waals surface area contributed by atoms with Crippen molar-refractivity contribution in [1.82, 2.24) is 14.7 Å². The van der Waals surface area contributed by atoms with Crippen LogP contribution in [-0.2, 0) is 16.6 Å². The number of carboxylic acids is 1. The van der Waals surface area contributed by atoms with Gasteiger partial charge >= 0.3 is 5.97 Å². The van der Waals surface area contributed by atoms with Crippen molar-refractivity contribution in [2.75, 3.05) is 13.7 Å². The molecule has 2 aromatic rings. The predicted octanol–water partition coefficient (Wildman–Crippen LogP) is 1.70. The summed E-state index contributed by atoms with van der Waals surface area (Å²) in [5.41, 5.74) is 1.20. The van der Waals surface area contributed by atoms with E-state index in [-0.39, 0.29) is 24.1 Å². The van der Waals surface area contributed by atoms with Crippen LogP contribution in [0, 0.1) is 10.1 Å². The lowest BCUT2D eigenvalue weighted by Crippen LogP contribution is -2.37. The molecule has 2 heterocycles. The number of methoxy groups -OCH3 is 1. The lowest BCUT2D eigenvalue weighted by molar-refractivity contribution is -0.384. The highest BCUT2D eigenvalue weighted by molar-refractivity contribution is 6.00. The van der Waals surface area contributed by atoms with Gasteiger partial charge in [0.15, 0.2) is 0 Å². The largest absolute Gasteiger partial charge is 0.481 e. The first-order valence-corrected chi connectivity index (χ1v) is 8.64. The highest BCUT2D eigenvalue weighted by Gasteiger charge is 2.38. The number of aliphatic carboxylic acids is 1. The van der Waals surface area contributed by atoms with Crippen LogP contribution in [0.1, 0.15) is 23.2 Å². The van der Waals surface area contributed by atoms with E-state index in [4.69, 9.17) is 9.84 Å². The zero-order valence-electron chi connectivity index (χ0n) is 15.4. The quantitative estimate of drug-likeness (QED) is 0.589. The number of non-ortho nitro benzene ring substituents is 1. The number of ether oxygens (including phenoxy) is 1. The second kappa shape index (κ2) is 7.77. The van der Waals surface area contributed by atoms with E-state index in [0.29, 0.717) is 29.8 Å². The van der Waals surface area contributed by atoms with Gasteiger partial charge in [-0.15, -0.1) is 0 Å². The maximum atomic E-state index is 13.2. The third-order valence-corrected chi connectivity index (χ3v) is 4.79. The van der Waals surface area contributed by atoms with Crippen molar-refractivity contribution >= 4 is 17.6 Å². The number of aryl methyl sites for hydroxylation is 1. The number of benzene rings is 1. The molecule has 1 aliphatic heterocycles. The molecule has 0 bridgehead atoms. The lowest BCUT2D eigenvalue weighted by atomic mass is 10.1. The van der Waals surface area contributed by atoms with Crippen LogP contribution in [0.3, 0.4) is 0 Å². The Morgan fingerprint density at radius 3 is 2.61 bits per heavy atom. The first-order valence-electron chi connectivity index (χ1n) is 8.64. The molecule has 1 amide bonds. The predicted molar refractivity (Wildman–Crippen MR) is 97.8 cm³/mol. The Hall–Kier alpha value is -3.27. The minimum atomic E-state index is -0.985. The molecule has 1 fully saturated rings. The standard InChI is InChI=1S/C18H20N4O6/c1-20-10-15(17(19-20)11-3-5-12(6-4-11)22(26)27)18(25)21-9-14(28-2)7-13(21)8-16(23)24/h3-6,10,13-14H,7-9H2,1-2H3,(H,23,24). The minimum absolute atomic E-state index is 0.0587. The van der Waals surface area contributed by atoms with E-state index in [1.165, 1.54) is 41.0 Å². The van der Waals surface area contributed by atoms with Gasteiger partial charge in [-0.25, -0.2) is 0 Å². The molecule has 1 N–H and O–H groups in total. The van der Waals surface area contributed by atoms with Gasteiger partial charge in [0.25, 0.3) is 11.6 Å². The number of nitro benzene ring substituents is 1. The van der Waals surface area contributed by atoms with Gasteiger partial charge in [-0.3, -0.25) is 24.4 Å². The van der Waals surface area contributed by atoms with E-state index >= 15 is 0 Å². The number of amides is 1. The molecule has 1 aromatic carbocycles. The van der Waals surface area contributed by atoms with Gasteiger partial charge in [0, 0.05) is 50.6 Å².